The fourth-order valence-electron chi connectivity index (χ4n) is 3.12. The van der Waals surface area contributed by atoms with E-state index >= 15 is 0 Å². The van der Waals surface area contributed by atoms with Gasteiger partial charge in [0, 0.05) is 21.8 Å². The van der Waals surface area contributed by atoms with Gasteiger partial charge in [-0.2, -0.15) is 0 Å². The second-order valence-electron chi connectivity index (χ2n) is 9.54. The molecule has 3 rings (SSSR count). The Morgan fingerprint density at radius 3 is 1.96 bits per heavy atom. The lowest BCUT2D eigenvalue weighted by Gasteiger charge is -2.19. The fourth-order valence-corrected chi connectivity index (χ4v) is 3.94. The number of hydrogen-bond donors (Lipinski definition) is 1. The lowest BCUT2D eigenvalue weighted by Crippen LogP contribution is -2.34. The molecule has 1 amide bonds. The first-order valence-electron chi connectivity index (χ1n) is 9.89. The largest absolute Gasteiger partial charge is 0.444 e. The predicted molar refractivity (Wildman–Crippen MR) is 116 cm³/mol. The number of nitrogens with one attached hydrogen (secondary N) is 1. The second-order valence-corrected chi connectivity index (χ2v) is 10.7. The van der Waals surface area contributed by atoms with Gasteiger partial charge in [-0.1, -0.05) is 56.8 Å². The zero-order valence-electron chi connectivity index (χ0n) is 17.7. The summed E-state index contributed by atoms with van der Waals surface area (Å²) in [4.78, 5) is 14.4. The lowest BCUT2D eigenvalue weighted by atomic mass is 9.87. The van der Waals surface area contributed by atoms with Gasteiger partial charge in [0.15, 0.2) is 0 Å². The van der Waals surface area contributed by atoms with Crippen molar-refractivity contribution >= 4 is 17.9 Å². The fraction of sp³-hybridized carbons (Fsp3) is 0.458. The van der Waals surface area contributed by atoms with E-state index in [1.54, 1.807) is 11.8 Å². The highest BCUT2D eigenvalue weighted by molar-refractivity contribution is 7.99. The summed E-state index contributed by atoms with van der Waals surface area (Å²) in [5, 5.41) is 2.96. The van der Waals surface area contributed by atoms with Crippen molar-refractivity contribution in [1.29, 1.82) is 0 Å². The highest BCUT2D eigenvalue weighted by Crippen LogP contribution is 2.41. The van der Waals surface area contributed by atoms with Gasteiger partial charge >= 0.3 is 6.09 Å². The van der Waals surface area contributed by atoms with Crippen molar-refractivity contribution in [2.24, 2.45) is 0 Å². The molecule has 2 atom stereocenters. The number of carbonyl (C=O) groups excluding carboxylic acids is 1. The number of rotatable bonds is 4. The molecule has 28 heavy (non-hydrogen) atoms. The van der Waals surface area contributed by atoms with Crippen LogP contribution < -0.4 is 5.32 Å². The number of hydrogen-bond acceptors (Lipinski definition) is 3. The van der Waals surface area contributed by atoms with Crippen LogP contribution in [0.1, 0.15) is 65.0 Å². The van der Waals surface area contributed by atoms with Crippen LogP contribution in [0, 0.1) is 0 Å². The van der Waals surface area contributed by atoms with Crippen molar-refractivity contribution in [3.63, 3.8) is 0 Å². The van der Waals surface area contributed by atoms with Gasteiger partial charge in [-0.25, -0.2) is 4.79 Å². The van der Waals surface area contributed by atoms with Crippen molar-refractivity contribution in [3.8, 4) is 0 Å². The van der Waals surface area contributed by atoms with Crippen LogP contribution in [0.2, 0.25) is 0 Å². The molecule has 0 aliphatic heterocycles. The van der Waals surface area contributed by atoms with E-state index in [0.717, 1.165) is 6.42 Å². The summed E-state index contributed by atoms with van der Waals surface area (Å²) in [7, 11) is 0. The number of alkyl carbamates (subject to hydrolysis) is 1. The summed E-state index contributed by atoms with van der Waals surface area (Å²) in [6.07, 6.45) is 0.644. The van der Waals surface area contributed by atoms with E-state index < -0.39 is 5.60 Å². The van der Waals surface area contributed by atoms with Crippen LogP contribution in [0.25, 0.3) is 0 Å². The molecule has 1 aliphatic rings. The molecule has 0 aromatic heterocycles. The van der Waals surface area contributed by atoms with Gasteiger partial charge in [-0.3, -0.25) is 0 Å². The Morgan fingerprint density at radius 1 is 0.929 bits per heavy atom. The zero-order valence-corrected chi connectivity index (χ0v) is 18.5. The van der Waals surface area contributed by atoms with Crippen LogP contribution >= 0.6 is 11.8 Å². The molecular formula is C24H31NO2S. The molecule has 1 saturated carbocycles. The summed E-state index contributed by atoms with van der Waals surface area (Å²) >= 11 is 1.78. The summed E-state index contributed by atoms with van der Waals surface area (Å²) in [5.74, 6) is 0.387. The third kappa shape index (κ3) is 5.78. The van der Waals surface area contributed by atoms with E-state index in [1.807, 2.05) is 20.8 Å². The number of carbonyl (C=O) groups is 1. The Balaban J connectivity index is 1.54. The molecule has 0 heterocycles. The predicted octanol–water partition coefficient (Wildman–Crippen LogP) is 6.52. The number of benzene rings is 2. The number of amides is 1. The summed E-state index contributed by atoms with van der Waals surface area (Å²) in [6, 6.07) is 17.7. The molecule has 0 bridgehead atoms. The topological polar surface area (TPSA) is 38.3 Å². The Hall–Kier alpha value is -1.94. The Labute approximate surface area is 173 Å². The van der Waals surface area contributed by atoms with Crippen molar-refractivity contribution < 1.29 is 9.53 Å². The van der Waals surface area contributed by atoms with Crippen LogP contribution in [0.4, 0.5) is 4.79 Å². The third-order valence-electron chi connectivity index (χ3n) is 4.76. The SMILES string of the molecule is CC(C)(C)OC(=O)NC1CC1c1ccc(Sc2ccc(C(C)(C)C)cc2)cc1. The van der Waals surface area contributed by atoms with E-state index in [9.17, 15) is 4.79 Å². The minimum absolute atomic E-state index is 0.179. The molecule has 0 spiro atoms. The van der Waals surface area contributed by atoms with E-state index in [-0.39, 0.29) is 17.6 Å². The van der Waals surface area contributed by atoms with E-state index in [2.05, 4.69) is 74.6 Å². The van der Waals surface area contributed by atoms with Crippen LogP contribution in [-0.2, 0) is 10.2 Å². The van der Waals surface area contributed by atoms with Crippen molar-refractivity contribution in [2.45, 2.75) is 80.7 Å². The van der Waals surface area contributed by atoms with Crippen molar-refractivity contribution in [3.05, 3.63) is 59.7 Å². The smallest absolute Gasteiger partial charge is 0.407 e. The molecule has 4 heteroatoms. The summed E-state index contributed by atoms with van der Waals surface area (Å²) < 4.78 is 5.33. The van der Waals surface area contributed by atoms with Crippen LogP contribution in [0.15, 0.2) is 58.3 Å². The van der Waals surface area contributed by atoms with Crippen LogP contribution in [0.3, 0.4) is 0 Å². The summed E-state index contributed by atoms with van der Waals surface area (Å²) in [6.45, 7) is 12.3. The Morgan fingerprint density at radius 2 is 1.46 bits per heavy atom. The monoisotopic (exact) mass is 397 g/mol. The van der Waals surface area contributed by atoms with E-state index in [4.69, 9.17) is 4.74 Å². The molecule has 1 fully saturated rings. The average molecular weight is 398 g/mol. The van der Waals surface area contributed by atoms with Gasteiger partial charge in [0.25, 0.3) is 0 Å². The van der Waals surface area contributed by atoms with E-state index in [1.165, 1.54) is 20.9 Å². The van der Waals surface area contributed by atoms with Gasteiger partial charge < -0.3 is 10.1 Å². The number of ether oxygens (including phenoxy) is 1. The maximum absolute atomic E-state index is 11.9. The lowest BCUT2D eigenvalue weighted by molar-refractivity contribution is 0.0523. The summed E-state index contributed by atoms with van der Waals surface area (Å²) in [5.41, 5.74) is 2.34. The first-order valence-corrected chi connectivity index (χ1v) is 10.7. The maximum atomic E-state index is 11.9. The van der Waals surface area contributed by atoms with Crippen molar-refractivity contribution in [1.82, 2.24) is 5.32 Å². The Bertz CT molecular complexity index is 814. The normalized spacial score (nSPS) is 19.2. The quantitative estimate of drug-likeness (QED) is 0.638. The third-order valence-corrected chi connectivity index (χ3v) is 5.77. The molecule has 2 aromatic rings. The van der Waals surface area contributed by atoms with Gasteiger partial charge in [0.05, 0.1) is 0 Å². The van der Waals surface area contributed by atoms with Gasteiger partial charge in [-0.05, 0) is 68.0 Å². The molecule has 150 valence electrons. The van der Waals surface area contributed by atoms with Gasteiger partial charge in [0.1, 0.15) is 5.60 Å². The first kappa shape index (κ1) is 20.8. The molecule has 2 unspecified atom stereocenters. The minimum atomic E-state index is -0.460. The standard InChI is InChI=1S/C24H31NO2S/c1-23(2,3)17-9-13-19(14-10-17)28-18-11-7-16(8-12-18)20-15-21(20)25-22(26)27-24(4,5)6/h7-14,20-21H,15H2,1-6H3,(H,25,26). The molecule has 2 aromatic carbocycles. The van der Waals surface area contributed by atoms with Gasteiger partial charge in [-0.15, -0.1) is 0 Å². The minimum Gasteiger partial charge on any atom is -0.444 e. The second kappa shape index (κ2) is 7.82. The van der Waals surface area contributed by atoms with Crippen molar-refractivity contribution in [2.75, 3.05) is 0 Å². The zero-order chi connectivity index (χ0) is 20.5. The van der Waals surface area contributed by atoms with Crippen LogP contribution in [-0.4, -0.2) is 17.7 Å². The molecule has 1 aliphatic carbocycles. The highest BCUT2D eigenvalue weighted by Gasteiger charge is 2.40. The van der Waals surface area contributed by atoms with E-state index in [0.29, 0.717) is 5.92 Å². The molecule has 0 radical (unpaired) electrons. The van der Waals surface area contributed by atoms with Gasteiger partial charge in [0.2, 0.25) is 0 Å². The Kier molecular flexibility index (Phi) is 5.81. The highest BCUT2D eigenvalue weighted by atomic mass is 32.2. The molecule has 1 N–H and O–H groups in total. The maximum Gasteiger partial charge on any atom is 0.407 e. The first-order chi connectivity index (χ1) is 13.0. The molecular weight excluding hydrogens is 366 g/mol. The van der Waals surface area contributed by atoms with Crippen LogP contribution in [0.5, 0.6) is 0 Å². The molecule has 3 nitrogen and oxygen atoms in total. The average Bonchev–Trinajstić information content (AvgIpc) is 3.32. The molecule has 0 saturated heterocycles.